The minimum absolute atomic E-state index is 0.280. The quantitative estimate of drug-likeness (QED) is 0.791. The highest BCUT2D eigenvalue weighted by Crippen LogP contribution is 2.25. The number of aliphatic hydroxyl groups excluding tert-OH is 1. The van der Waals surface area contributed by atoms with E-state index in [9.17, 15) is 0 Å². The Bertz CT molecular complexity index is 365. The number of aliphatic hydroxyl groups is 1. The van der Waals surface area contributed by atoms with Gasteiger partial charge in [0.05, 0.1) is 6.61 Å². The van der Waals surface area contributed by atoms with E-state index in [1.54, 1.807) is 0 Å². The van der Waals surface area contributed by atoms with E-state index >= 15 is 0 Å². The van der Waals surface area contributed by atoms with Gasteiger partial charge in [0.25, 0.3) is 0 Å². The second kappa shape index (κ2) is 6.03. The number of nitrogens with one attached hydrogen (secondary N) is 1. The van der Waals surface area contributed by atoms with Crippen LogP contribution in [0.1, 0.15) is 30.9 Å². The van der Waals surface area contributed by atoms with E-state index in [1.165, 1.54) is 11.1 Å². The second-order valence-corrected chi connectivity index (χ2v) is 4.69. The third-order valence-corrected chi connectivity index (χ3v) is 3.20. The lowest BCUT2D eigenvalue weighted by Gasteiger charge is -2.13. The number of hydrogen-bond donors (Lipinski definition) is 2. The van der Waals surface area contributed by atoms with E-state index < -0.39 is 0 Å². The van der Waals surface area contributed by atoms with E-state index in [2.05, 4.69) is 30.4 Å². The lowest BCUT2D eigenvalue weighted by Crippen LogP contribution is -2.25. The van der Waals surface area contributed by atoms with E-state index in [1.807, 2.05) is 0 Å². The van der Waals surface area contributed by atoms with Crippen LogP contribution < -0.4 is 10.1 Å². The molecule has 1 aromatic carbocycles. The fraction of sp³-hybridized carbons (Fsp3) is 0.571. The van der Waals surface area contributed by atoms with Gasteiger partial charge in [0.2, 0.25) is 0 Å². The molecule has 1 aliphatic rings. The van der Waals surface area contributed by atoms with E-state index in [4.69, 9.17) is 9.84 Å². The van der Waals surface area contributed by atoms with Crippen LogP contribution in [0.2, 0.25) is 0 Å². The molecule has 0 spiro atoms. The van der Waals surface area contributed by atoms with Gasteiger partial charge >= 0.3 is 0 Å². The maximum atomic E-state index is 8.76. The Kier molecular flexibility index (Phi) is 4.40. The summed E-state index contributed by atoms with van der Waals surface area (Å²) in [5, 5.41) is 12.2. The number of rotatable bonds is 6. The van der Waals surface area contributed by atoms with Gasteiger partial charge in [0.1, 0.15) is 5.75 Å². The molecular weight excluding hydrogens is 214 g/mol. The average molecular weight is 235 g/mol. The van der Waals surface area contributed by atoms with Crippen molar-refractivity contribution in [1.82, 2.24) is 5.32 Å². The largest absolute Gasteiger partial charge is 0.493 e. The van der Waals surface area contributed by atoms with Crippen LogP contribution >= 0.6 is 0 Å². The van der Waals surface area contributed by atoms with Crippen molar-refractivity contribution in [2.45, 2.75) is 38.8 Å². The molecule has 0 fully saturated rings. The number of benzene rings is 1. The monoisotopic (exact) mass is 235 g/mol. The Morgan fingerprint density at radius 1 is 1.47 bits per heavy atom. The molecule has 0 aliphatic carbocycles. The SMILES string of the molecule is CC(CCCO)NCc1ccc2c(c1)CCO2. The van der Waals surface area contributed by atoms with Gasteiger partial charge in [-0.15, -0.1) is 0 Å². The molecule has 94 valence electrons. The minimum atomic E-state index is 0.280. The molecule has 0 radical (unpaired) electrons. The highest BCUT2D eigenvalue weighted by molar-refractivity contribution is 5.39. The third kappa shape index (κ3) is 3.45. The first-order valence-electron chi connectivity index (χ1n) is 6.38. The Morgan fingerprint density at radius 3 is 3.18 bits per heavy atom. The molecule has 1 atom stereocenters. The molecule has 1 heterocycles. The molecule has 17 heavy (non-hydrogen) atoms. The highest BCUT2D eigenvalue weighted by atomic mass is 16.5. The molecule has 0 amide bonds. The van der Waals surface area contributed by atoms with Crippen LogP contribution in [0, 0.1) is 0 Å². The lowest BCUT2D eigenvalue weighted by atomic mass is 10.1. The number of hydrogen-bond acceptors (Lipinski definition) is 3. The molecule has 1 unspecified atom stereocenters. The molecule has 0 aromatic heterocycles. The second-order valence-electron chi connectivity index (χ2n) is 4.69. The van der Waals surface area contributed by atoms with Gasteiger partial charge in [-0.1, -0.05) is 12.1 Å². The zero-order valence-electron chi connectivity index (χ0n) is 10.4. The van der Waals surface area contributed by atoms with Crippen molar-refractivity contribution in [3.05, 3.63) is 29.3 Å². The summed E-state index contributed by atoms with van der Waals surface area (Å²) >= 11 is 0. The smallest absolute Gasteiger partial charge is 0.122 e. The van der Waals surface area contributed by atoms with Crippen LogP contribution in [0.4, 0.5) is 0 Å². The fourth-order valence-electron chi connectivity index (χ4n) is 2.14. The summed E-state index contributed by atoms with van der Waals surface area (Å²) in [6.45, 7) is 4.15. The van der Waals surface area contributed by atoms with Gasteiger partial charge in [-0.3, -0.25) is 0 Å². The van der Waals surface area contributed by atoms with Crippen molar-refractivity contribution in [3.8, 4) is 5.75 Å². The Hall–Kier alpha value is -1.06. The van der Waals surface area contributed by atoms with Crippen molar-refractivity contribution in [1.29, 1.82) is 0 Å². The van der Waals surface area contributed by atoms with Gasteiger partial charge in [-0.2, -0.15) is 0 Å². The number of ether oxygens (including phenoxy) is 1. The molecule has 3 nitrogen and oxygen atoms in total. The Morgan fingerprint density at radius 2 is 2.35 bits per heavy atom. The van der Waals surface area contributed by atoms with Crippen molar-refractivity contribution in [3.63, 3.8) is 0 Å². The molecule has 1 aliphatic heterocycles. The summed E-state index contributed by atoms with van der Waals surface area (Å²) in [6, 6.07) is 6.87. The maximum Gasteiger partial charge on any atom is 0.122 e. The summed E-state index contributed by atoms with van der Waals surface area (Å²) < 4.78 is 5.48. The topological polar surface area (TPSA) is 41.5 Å². The minimum Gasteiger partial charge on any atom is -0.493 e. The summed E-state index contributed by atoms with van der Waals surface area (Å²) in [4.78, 5) is 0. The van der Waals surface area contributed by atoms with Crippen LogP contribution in [-0.2, 0) is 13.0 Å². The first-order valence-corrected chi connectivity index (χ1v) is 6.38. The summed E-state index contributed by atoms with van der Waals surface area (Å²) in [7, 11) is 0. The van der Waals surface area contributed by atoms with Crippen molar-refractivity contribution in [2.75, 3.05) is 13.2 Å². The Balaban J connectivity index is 1.83. The molecule has 0 saturated heterocycles. The van der Waals surface area contributed by atoms with Gasteiger partial charge in [0.15, 0.2) is 0 Å². The summed E-state index contributed by atoms with van der Waals surface area (Å²) in [6.07, 6.45) is 2.92. The summed E-state index contributed by atoms with van der Waals surface area (Å²) in [5.74, 6) is 1.04. The molecule has 1 aromatic rings. The molecule has 3 heteroatoms. The van der Waals surface area contributed by atoms with Crippen LogP contribution in [0.3, 0.4) is 0 Å². The first-order chi connectivity index (χ1) is 8.29. The lowest BCUT2D eigenvalue weighted by molar-refractivity contribution is 0.276. The van der Waals surface area contributed by atoms with Crippen LogP contribution in [-0.4, -0.2) is 24.4 Å². The van der Waals surface area contributed by atoms with Crippen molar-refractivity contribution < 1.29 is 9.84 Å². The van der Waals surface area contributed by atoms with Crippen LogP contribution in [0.5, 0.6) is 5.75 Å². The van der Waals surface area contributed by atoms with E-state index in [0.29, 0.717) is 6.04 Å². The Labute approximate surface area is 103 Å². The van der Waals surface area contributed by atoms with Crippen molar-refractivity contribution >= 4 is 0 Å². The summed E-state index contributed by atoms with van der Waals surface area (Å²) in [5.41, 5.74) is 2.64. The average Bonchev–Trinajstić information content (AvgIpc) is 2.81. The van der Waals surface area contributed by atoms with E-state index in [0.717, 1.165) is 38.2 Å². The molecule has 0 saturated carbocycles. The van der Waals surface area contributed by atoms with Gasteiger partial charge in [0, 0.05) is 25.6 Å². The zero-order valence-corrected chi connectivity index (χ0v) is 10.4. The van der Waals surface area contributed by atoms with Gasteiger partial charge in [-0.25, -0.2) is 0 Å². The molecule has 2 N–H and O–H groups in total. The standard InChI is InChI=1S/C14H21NO2/c1-11(3-2-7-16)15-10-12-4-5-14-13(9-12)6-8-17-14/h4-5,9,11,15-16H,2-3,6-8,10H2,1H3. The van der Waals surface area contributed by atoms with Crippen molar-refractivity contribution in [2.24, 2.45) is 0 Å². The fourth-order valence-corrected chi connectivity index (χ4v) is 2.14. The van der Waals surface area contributed by atoms with Crippen LogP contribution in [0.25, 0.3) is 0 Å². The maximum absolute atomic E-state index is 8.76. The predicted molar refractivity (Wildman–Crippen MR) is 68.3 cm³/mol. The third-order valence-electron chi connectivity index (χ3n) is 3.20. The number of fused-ring (bicyclic) bond motifs is 1. The predicted octanol–water partition coefficient (Wildman–Crippen LogP) is 1.87. The first kappa shape index (κ1) is 12.4. The van der Waals surface area contributed by atoms with Gasteiger partial charge in [-0.05, 0) is 37.0 Å². The molecule has 2 rings (SSSR count). The molecular formula is C14H21NO2. The van der Waals surface area contributed by atoms with E-state index in [-0.39, 0.29) is 6.61 Å². The highest BCUT2D eigenvalue weighted by Gasteiger charge is 2.12. The zero-order chi connectivity index (χ0) is 12.1. The van der Waals surface area contributed by atoms with Gasteiger partial charge < -0.3 is 15.2 Å². The van der Waals surface area contributed by atoms with Crippen LogP contribution in [0.15, 0.2) is 18.2 Å². The molecule has 0 bridgehead atoms. The normalized spacial score (nSPS) is 15.4.